The number of rotatable bonds is 17. The van der Waals surface area contributed by atoms with E-state index in [4.69, 9.17) is 89.0 Å². The molecule has 0 unspecified atom stereocenters. The van der Waals surface area contributed by atoms with E-state index < -0.39 is 80.9 Å². The second-order valence-corrected chi connectivity index (χ2v) is 40.7. The van der Waals surface area contributed by atoms with Crippen LogP contribution in [0.1, 0.15) is 118 Å². The van der Waals surface area contributed by atoms with E-state index in [-0.39, 0.29) is 195 Å². The molecule has 10 aromatic carbocycles. The van der Waals surface area contributed by atoms with E-state index in [0.29, 0.717) is 27.4 Å². The molecule has 0 radical (unpaired) electrons. The first-order valence-corrected chi connectivity index (χ1v) is 52.3. The maximum atomic E-state index is 13.4. The van der Waals surface area contributed by atoms with Gasteiger partial charge in [0.1, 0.15) is 67.9 Å². The standard InChI is InChI=1S/C19H15F3N2O4.C18H16N2O4.2C18H15P.C17H11F3N2O4.C15H11BrN2O4.C3H7BO2.2ClH.Pd/c1-2-27-17(26)12-8-11-14(25)10-7-9(18(5-6-18)19(20,21)22)3-4-13(10)28-16(11)24-15(12)23;1-4-23-18(22)13-8-12-15(21)11-7-10(9(2)3)5-6-14(11)24-17(12)20-16(13)19;2*1-4-10-16(11-5-1)19(17-12-6-2-7-13-17)18-14-8-3-9-15-18;18-17(19,20)16(3-4-16)7-1-2-11-8(5-7)12(23)9-6-10(15(24)25)13(21)22-14(9)26-11;1-2-21-15(20)10-6-9-12(19)8-5-7(16)3-4-11(8)22-14(9)18-13(10)17;1-3(2)4(5)6;;;/h3-4,7-8H,2,5-6H2,1H3,(H2,23,24);5-8H,2,4H2,1,3H3,(H2,19,20);2*1-15H;1-2,5-6H,3-4H2,(H2,21,22)(H,24,25);3-6H,2H2,1H3,(H2,17,18);5-6H,1H2,2H3;2*1H;/q;;;;;;;;;+2/p-2. The number of carboxylic acid groups (broad SMARTS) is 1. The minimum atomic E-state index is -4.41. The van der Waals surface area contributed by atoms with Gasteiger partial charge in [-0.05, 0) is 204 Å². The average molecular weight is 2230 g/mol. The predicted molar refractivity (Wildman–Crippen MR) is 567 cm³/mol. The van der Waals surface area contributed by atoms with Gasteiger partial charge in [-0.15, -0.1) is 6.58 Å². The molecule has 11 N–H and O–H groups in total. The SMILES string of the molecule is C=C(C)B(O)O.C=C(C)c1ccc2oc3nc(N)c(C(=O)OCC)cc3c(=O)c2c1.CCOC(=O)c1cc2c(=O)c3cc(Br)ccc3oc2nc1N.CCOC(=O)c1cc2c(=O)c3cc(C4(C(F)(F)F)CC4)ccc3oc2nc1N.Nc1nc2oc3ccc(C4(C(F)(F)F)CC4)cc3c(=O)c2cc1C(=O)O.[Cl][Pd][Cl].c1ccc(P(c2ccccc2)c2ccccc2)cc1.c1ccc(P(c2ccccc2)c2ccccc2)cc1. The number of nitrogens with two attached hydrogens (primary N) is 4. The molecule has 18 aromatic rings. The van der Waals surface area contributed by atoms with Gasteiger partial charge in [0.05, 0.1) is 73.7 Å². The number of allylic oxidation sites excluding steroid dienone is 2. The molecule has 0 atom stereocenters. The molecule has 2 saturated carbocycles. The van der Waals surface area contributed by atoms with Gasteiger partial charge >= 0.3 is 78.3 Å². The first kappa shape index (κ1) is 110. The third-order valence-corrected chi connectivity index (χ3v) is 28.5. The Bertz CT molecular complexity index is 7940. The van der Waals surface area contributed by atoms with Gasteiger partial charge in [0.25, 0.3) is 0 Å². The van der Waals surface area contributed by atoms with Crippen molar-refractivity contribution in [2.24, 2.45) is 0 Å². The van der Waals surface area contributed by atoms with Gasteiger partial charge in [0.2, 0.25) is 44.6 Å². The number of carbonyl (C=O) groups excluding carboxylic acids is 3. The van der Waals surface area contributed by atoms with Gasteiger partial charge < -0.3 is 70.0 Å². The van der Waals surface area contributed by atoms with E-state index >= 15 is 0 Å². The molecular formula is C108H90BBrCl2F6N8O18P2Pd. The topological polar surface area (TPSA) is 433 Å². The molecule has 8 heterocycles. The molecule has 20 rings (SSSR count). The largest absolute Gasteiger partial charge is 0.0622 e. The monoisotopic (exact) mass is 2230 g/mol. The summed E-state index contributed by atoms with van der Waals surface area (Å²) < 4.78 is 118. The van der Waals surface area contributed by atoms with Crippen LogP contribution in [0.3, 0.4) is 0 Å². The number of alkyl halides is 6. The van der Waals surface area contributed by atoms with Gasteiger partial charge in [0, 0.05) is 4.47 Å². The van der Waals surface area contributed by atoms with Crippen molar-refractivity contribution in [3.63, 3.8) is 0 Å². The Balaban J connectivity index is 0.000000145. The van der Waals surface area contributed by atoms with Crippen LogP contribution in [0.15, 0.2) is 339 Å². The second kappa shape index (κ2) is 48.1. The van der Waals surface area contributed by atoms with Crippen LogP contribution >= 0.6 is 50.8 Å². The van der Waals surface area contributed by atoms with Crippen LogP contribution in [-0.4, -0.2) is 98.3 Å². The minimum Gasteiger partial charge on any atom is -0.0622 e. The van der Waals surface area contributed by atoms with Crippen LogP contribution in [-0.2, 0) is 41.0 Å². The zero-order valence-electron chi connectivity index (χ0n) is 78.7. The zero-order chi connectivity index (χ0) is 106. The van der Waals surface area contributed by atoms with Gasteiger partial charge in [0.15, 0.2) is 0 Å². The Hall–Kier alpha value is -14.6. The molecule has 0 saturated heterocycles. The number of carboxylic acids is 1. The molecular weight excluding hydrogens is 2140 g/mol. The van der Waals surface area contributed by atoms with Crippen LogP contribution in [0.5, 0.6) is 0 Å². The number of halogens is 9. The molecule has 756 valence electrons. The molecule has 0 amide bonds. The molecule has 0 bridgehead atoms. The normalized spacial score (nSPS) is 12.5. The molecule has 147 heavy (non-hydrogen) atoms. The number of hydrogen-bond acceptors (Lipinski definition) is 25. The van der Waals surface area contributed by atoms with Crippen LogP contribution in [0, 0.1) is 0 Å². The van der Waals surface area contributed by atoms with Crippen molar-refractivity contribution < 1.29 is 108 Å². The summed E-state index contributed by atoms with van der Waals surface area (Å²) in [4.78, 5) is 114. The first-order valence-electron chi connectivity index (χ1n) is 44.8. The number of benzene rings is 10. The summed E-state index contributed by atoms with van der Waals surface area (Å²) >= 11 is 3.20. The summed E-state index contributed by atoms with van der Waals surface area (Å²) in [6.07, 6.45) is -8.93. The fourth-order valence-electron chi connectivity index (χ4n) is 15.4. The number of nitrogens with zero attached hydrogens (tertiary/aromatic N) is 4. The molecule has 8 aromatic heterocycles. The molecule has 39 heteroatoms. The number of aromatic nitrogens is 4. The van der Waals surface area contributed by atoms with Crippen LogP contribution < -0.4 is 76.5 Å². The fraction of sp³-hybridized carbons (Fsp3) is 0.148. The average Bonchev–Trinajstić information content (AvgIpc) is 1.58. The van der Waals surface area contributed by atoms with E-state index in [2.05, 4.69) is 231 Å². The quantitative estimate of drug-likeness (QED) is 0.0111. The summed E-state index contributed by atoms with van der Waals surface area (Å²) in [5.41, 5.74) is 19.7. The maximum Gasteiger partial charge on any atom is -0.0134 e. The Labute approximate surface area is 861 Å². The smallest absolute Gasteiger partial charge is 0.0134 e. The van der Waals surface area contributed by atoms with Crippen molar-refractivity contribution in [2.75, 3.05) is 42.8 Å². The molecule has 2 aliphatic rings. The zero-order valence-corrected chi connectivity index (χ0v) is 85.1. The van der Waals surface area contributed by atoms with Crippen LogP contribution in [0.4, 0.5) is 49.6 Å². The number of esters is 3. The summed E-state index contributed by atoms with van der Waals surface area (Å²) in [6, 6.07) is 87.5. The Morgan fingerprint density at radius 1 is 0.401 bits per heavy atom. The third-order valence-electron chi connectivity index (χ3n) is 23.2. The number of aromatic carboxylic acids is 1. The number of nitrogen functional groups attached to an aromatic ring is 4. The maximum absolute atomic E-state index is 13.4. The van der Waals surface area contributed by atoms with Gasteiger partial charge in [-0.3, -0.25) is 19.2 Å². The number of carbonyl (C=O) groups is 4. The number of ether oxygens (including phenoxy) is 3. The first-order chi connectivity index (χ1) is 70.2. The summed E-state index contributed by atoms with van der Waals surface area (Å²) in [6.45, 7) is 16.0. The van der Waals surface area contributed by atoms with Crippen molar-refractivity contribution in [2.45, 2.75) is 83.5 Å². The molecule has 0 aliphatic heterocycles. The second-order valence-electron chi connectivity index (χ2n) is 32.9. The van der Waals surface area contributed by atoms with Gasteiger partial charge in [-0.1, -0.05) is 234 Å². The number of fused-ring (bicyclic) bond motifs is 8. The van der Waals surface area contributed by atoms with Gasteiger partial charge in [-0.2, -0.15) is 46.3 Å². The minimum absolute atomic E-state index is 0.00832. The Morgan fingerprint density at radius 3 is 0.878 bits per heavy atom. The Morgan fingerprint density at radius 2 is 0.639 bits per heavy atom. The summed E-state index contributed by atoms with van der Waals surface area (Å²) in [5, 5.41) is 34.5. The number of anilines is 4. The molecule has 26 nitrogen and oxygen atoms in total. The van der Waals surface area contributed by atoms with E-state index in [0.717, 1.165) is 27.7 Å². The molecule has 0 spiro atoms. The Kier molecular flexibility index (Phi) is 35.9. The van der Waals surface area contributed by atoms with Crippen molar-refractivity contribution >= 4 is 231 Å². The molecule has 2 aliphatic carbocycles. The number of hydrogen-bond donors (Lipinski definition) is 7. The summed E-state index contributed by atoms with van der Waals surface area (Å²) in [7, 11) is 7.39. The third kappa shape index (κ3) is 25.4. The van der Waals surface area contributed by atoms with Crippen molar-refractivity contribution in [3.05, 3.63) is 382 Å². The van der Waals surface area contributed by atoms with Crippen molar-refractivity contribution in [1.82, 2.24) is 19.9 Å². The van der Waals surface area contributed by atoms with E-state index in [9.17, 15) is 64.7 Å². The van der Waals surface area contributed by atoms with Crippen molar-refractivity contribution in [3.8, 4) is 0 Å². The number of pyridine rings is 4. The van der Waals surface area contributed by atoms with E-state index in [1.165, 1.54) is 80.4 Å². The van der Waals surface area contributed by atoms with Gasteiger partial charge in [-0.25, -0.2) is 19.2 Å². The summed E-state index contributed by atoms with van der Waals surface area (Å²) in [5.74, 6) is -3.94. The van der Waals surface area contributed by atoms with E-state index in [1.54, 1.807) is 58.0 Å². The molecule has 2 fully saturated rings. The van der Waals surface area contributed by atoms with Crippen LogP contribution in [0.2, 0.25) is 0 Å². The van der Waals surface area contributed by atoms with Crippen LogP contribution in [0.25, 0.3) is 93.8 Å². The predicted octanol–water partition coefficient (Wildman–Crippen LogP) is 20.7. The fourth-order valence-corrected chi connectivity index (χ4v) is 20.4. The van der Waals surface area contributed by atoms with E-state index in [1.807, 2.05) is 13.0 Å². The van der Waals surface area contributed by atoms with Crippen molar-refractivity contribution in [1.29, 1.82) is 0 Å².